The monoisotopic (exact) mass is 388 g/mol. The molecule has 0 saturated heterocycles. The lowest BCUT2D eigenvalue weighted by molar-refractivity contribution is -0.142. The number of imide groups is 1. The molecule has 0 bridgehead atoms. The molecule has 0 spiro atoms. The van der Waals surface area contributed by atoms with Crippen LogP contribution in [0.15, 0.2) is 12.2 Å². The van der Waals surface area contributed by atoms with Crippen molar-refractivity contribution >= 4 is 24.2 Å². The first-order valence-corrected chi connectivity index (χ1v) is 8.61. The molecule has 0 rings (SSSR count). The summed E-state index contributed by atoms with van der Waals surface area (Å²) in [5.41, 5.74) is 0. The fourth-order valence-corrected chi connectivity index (χ4v) is 1.81. The molecule has 10 heteroatoms. The van der Waals surface area contributed by atoms with Crippen LogP contribution in [0.1, 0.15) is 19.8 Å². The van der Waals surface area contributed by atoms with Gasteiger partial charge in [-0.15, -0.1) is 0 Å². The van der Waals surface area contributed by atoms with Gasteiger partial charge >= 0.3 is 5.97 Å². The number of hydrogen-bond acceptors (Lipinski definition) is 7. The highest BCUT2D eigenvalue weighted by Crippen LogP contribution is 1.95. The van der Waals surface area contributed by atoms with E-state index < -0.39 is 11.9 Å². The summed E-state index contributed by atoms with van der Waals surface area (Å²) in [5.74, 6) is -1.62. The van der Waals surface area contributed by atoms with Crippen LogP contribution in [0.25, 0.3) is 0 Å². The first kappa shape index (κ1) is 24.7. The van der Waals surface area contributed by atoms with Crippen LogP contribution in [0.4, 0.5) is 0 Å². The second kappa shape index (κ2) is 17.1. The third kappa shape index (κ3) is 15.7. The van der Waals surface area contributed by atoms with E-state index in [1.54, 1.807) is 13.0 Å². The van der Waals surface area contributed by atoms with Gasteiger partial charge in [0.15, 0.2) is 0 Å². The standard InChI is InChI=1S/C17H28N2O8/c1-2-4-16(22)19(14-20)7-3-5-15(21)18-6-8-25-9-10-26-11-12-27-13-17(23)24/h2,4,14H,3,5-13H2,1H3,(H,18,21)(H,23,24)/b4-2-. The summed E-state index contributed by atoms with van der Waals surface area (Å²) in [7, 11) is 0. The number of nitrogens with one attached hydrogen (secondary N) is 1. The SMILES string of the molecule is C/C=C\C(=O)N(C=O)CCCC(=O)NCCOCCOCCOCC(=O)O. The fraction of sp³-hybridized carbons (Fsp3) is 0.647. The van der Waals surface area contributed by atoms with Gasteiger partial charge in [-0.1, -0.05) is 6.08 Å². The van der Waals surface area contributed by atoms with Gasteiger partial charge in [-0.05, 0) is 19.4 Å². The van der Waals surface area contributed by atoms with Crippen molar-refractivity contribution in [2.24, 2.45) is 0 Å². The number of nitrogens with zero attached hydrogens (tertiary/aromatic N) is 1. The molecule has 10 nitrogen and oxygen atoms in total. The molecule has 2 N–H and O–H groups in total. The van der Waals surface area contributed by atoms with Crippen LogP contribution in [0.5, 0.6) is 0 Å². The summed E-state index contributed by atoms with van der Waals surface area (Å²) >= 11 is 0. The van der Waals surface area contributed by atoms with E-state index in [1.807, 2.05) is 0 Å². The van der Waals surface area contributed by atoms with E-state index >= 15 is 0 Å². The Kier molecular flexibility index (Phi) is 15.7. The van der Waals surface area contributed by atoms with Crippen LogP contribution >= 0.6 is 0 Å². The Morgan fingerprint density at radius 2 is 1.67 bits per heavy atom. The first-order valence-electron chi connectivity index (χ1n) is 8.61. The van der Waals surface area contributed by atoms with Gasteiger partial charge in [0, 0.05) is 19.5 Å². The van der Waals surface area contributed by atoms with E-state index in [9.17, 15) is 19.2 Å². The predicted molar refractivity (Wildman–Crippen MR) is 94.9 cm³/mol. The van der Waals surface area contributed by atoms with Crippen molar-refractivity contribution in [2.45, 2.75) is 19.8 Å². The van der Waals surface area contributed by atoms with Gasteiger partial charge in [-0.3, -0.25) is 19.3 Å². The Bertz CT molecular complexity index is 482. The molecule has 0 saturated carbocycles. The van der Waals surface area contributed by atoms with Gasteiger partial charge in [-0.25, -0.2) is 4.79 Å². The lowest BCUT2D eigenvalue weighted by atomic mass is 10.2. The van der Waals surface area contributed by atoms with E-state index in [-0.39, 0.29) is 38.7 Å². The highest BCUT2D eigenvalue weighted by molar-refractivity contribution is 5.94. The first-order chi connectivity index (χ1) is 13.0. The highest BCUT2D eigenvalue weighted by Gasteiger charge is 2.09. The Morgan fingerprint density at radius 1 is 1.04 bits per heavy atom. The number of carboxylic acid groups (broad SMARTS) is 1. The molecule has 154 valence electrons. The third-order valence-corrected chi connectivity index (χ3v) is 3.06. The Balaban J connectivity index is 3.50. The summed E-state index contributed by atoms with van der Waals surface area (Å²) < 4.78 is 15.2. The normalized spacial score (nSPS) is 10.7. The zero-order valence-corrected chi connectivity index (χ0v) is 15.6. The summed E-state index contributed by atoms with van der Waals surface area (Å²) in [5, 5.41) is 11.0. The highest BCUT2D eigenvalue weighted by atomic mass is 16.5. The molecule has 3 amide bonds. The molecule has 0 aliphatic carbocycles. The molecule has 27 heavy (non-hydrogen) atoms. The minimum Gasteiger partial charge on any atom is -0.480 e. The summed E-state index contributed by atoms with van der Waals surface area (Å²) in [6, 6.07) is 0. The molecule has 0 aromatic carbocycles. The topological polar surface area (TPSA) is 131 Å². The predicted octanol–water partition coefficient (Wildman–Crippen LogP) is -0.422. The largest absolute Gasteiger partial charge is 0.480 e. The summed E-state index contributed by atoms with van der Waals surface area (Å²) in [6.45, 7) is 3.34. The molecular weight excluding hydrogens is 360 g/mol. The van der Waals surface area contributed by atoms with E-state index in [2.05, 4.69) is 5.32 Å². The van der Waals surface area contributed by atoms with Gasteiger partial charge in [0.05, 0.1) is 33.0 Å². The van der Waals surface area contributed by atoms with Crippen molar-refractivity contribution in [3.8, 4) is 0 Å². The van der Waals surface area contributed by atoms with Crippen molar-refractivity contribution in [3.63, 3.8) is 0 Å². The molecular formula is C17H28N2O8. The maximum absolute atomic E-state index is 11.6. The Labute approximate surface area is 158 Å². The lowest BCUT2D eigenvalue weighted by Gasteiger charge is -2.13. The number of ether oxygens (including phenoxy) is 3. The van der Waals surface area contributed by atoms with Gasteiger partial charge < -0.3 is 24.6 Å². The van der Waals surface area contributed by atoms with Gasteiger partial charge in [0.25, 0.3) is 5.91 Å². The Morgan fingerprint density at radius 3 is 2.26 bits per heavy atom. The number of aliphatic carboxylic acids is 1. The maximum Gasteiger partial charge on any atom is 0.329 e. The van der Waals surface area contributed by atoms with E-state index in [4.69, 9.17) is 19.3 Å². The van der Waals surface area contributed by atoms with Crippen LogP contribution < -0.4 is 5.32 Å². The third-order valence-electron chi connectivity index (χ3n) is 3.06. The van der Waals surface area contributed by atoms with Crippen LogP contribution in [-0.4, -0.2) is 86.9 Å². The minimum atomic E-state index is -1.02. The number of carbonyl (C=O) groups excluding carboxylic acids is 3. The van der Waals surface area contributed by atoms with Crippen LogP contribution in [0, 0.1) is 0 Å². The second-order valence-corrected chi connectivity index (χ2v) is 5.26. The number of allylic oxidation sites excluding steroid dienone is 1. The Hall–Kier alpha value is -2.30. The van der Waals surface area contributed by atoms with Crippen LogP contribution in [0.3, 0.4) is 0 Å². The molecule has 0 aromatic heterocycles. The van der Waals surface area contributed by atoms with Crippen molar-refractivity contribution in [2.75, 3.05) is 52.7 Å². The van der Waals surface area contributed by atoms with Crippen molar-refractivity contribution in [1.29, 1.82) is 0 Å². The van der Waals surface area contributed by atoms with Gasteiger partial charge in [0.1, 0.15) is 6.61 Å². The van der Waals surface area contributed by atoms with E-state index in [1.165, 1.54) is 6.08 Å². The molecule has 0 atom stereocenters. The van der Waals surface area contributed by atoms with Crippen molar-refractivity contribution in [1.82, 2.24) is 10.2 Å². The van der Waals surface area contributed by atoms with Crippen molar-refractivity contribution in [3.05, 3.63) is 12.2 Å². The molecule has 0 radical (unpaired) electrons. The van der Waals surface area contributed by atoms with Crippen LogP contribution in [0.2, 0.25) is 0 Å². The molecule has 0 aliphatic rings. The number of rotatable bonds is 17. The lowest BCUT2D eigenvalue weighted by Crippen LogP contribution is -2.31. The van der Waals surface area contributed by atoms with Gasteiger partial charge in [-0.2, -0.15) is 0 Å². The van der Waals surface area contributed by atoms with E-state index in [0.29, 0.717) is 39.2 Å². The second-order valence-electron chi connectivity index (χ2n) is 5.26. The smallest absolute Gasteiger partial charge is 0.329 e. The summed E-state index contributed by atoms with van der Waals surface area (Å²) in [6.07, 6.45) is 3.87. The number of amides is 3. The maximum atomic E-state index is 11.6. The zero-order valence-electron chi connectivity index (χ0n) is 15.6. The average Bonchev–Trinajstić information content (AvgIpc) is 2.63. The quantitative estimate of drug-likeness (QED) is 0.195. The number of hydrogen-bond donors (Lipinski definition) is 2. The molecule has 0 fully saturated rings. The fourth-order valence-electron chi connectivity index (χ4n) is 1.81. The van der Waals surface area contributed by atoms with Crippen LogP contribution in [-0.2, 0) is 33.4 Å². The number of carboxylic acids is 1. The zero-order chi connectivity index (χ0) is 20.3. The molecule has 0 unspecified atom stereocenters. The molecule has 0 heterocycles. The molecule has 0 aliphatic heterocycles. The average molecular weight is 388 g/mol. The number of carbonyl (C=O) groups is 4. The van der Waals surface area contributed by atoms with Gasteiger partial charge in [0.2, 0.25) is 12.3 Å². The van der Waals surface area contributed by atoms with Crippen molar-refractivity contribution < 1.29 is 38.5 Å². The summed E-state index contributed by atoms with van der Waals surface area (Å²) in [4.78, 5) is 45.2. The van der Waals surface area contributed by atoms with E-state index in [0.717, 1.165) is 4.90 Å². The minimum absolute atomic E-state index is 0.185. The molecule has 0 aromatic rings.